The number of aromatic amines is 1. The van der Waals surface area contributed by atoms with E-state index in [0.717, 1.165) is 49.7 Å². The zero-order chi connectivity index (χ0) is 20.4. The third-order valence-corrected chi connectivity index (χ3v) is 6.28. The molecule has 30 heavy (non-hydrogen) atoms. The zero-order valence-corrected chi connectivity index (χ0v) is 17.2. The number of H-pyrrole nitrogens is 1. The van der Waals surface area contributed by atoms with Gasteiger partial charge in [-0.3, -0.25) is 4.90 Å². The smallest absolute Gasteiger partial charge is 0.227 e. The fourth-order valence-corrected chi connectivity index (χ4v) is 4.76. The largest absolute Gasteiger partial charge is 0.342 e. The van der Waals surface area contributed by atoms with Crippen molar-refractivity contribution in [3.8, 4) is 0 Å². The monoisotopic (exact) mass is 398 g/mol. The van der Waals surface area contributed by atoms with Crippen molar-refractivity contribution in [2.75, 3.05) is 31.1 Å². The molecule has 0 aliphatic carbocycles. The summed E-state index contributed by atoms with van der Waals surface area (Å²) in [5, 5.41) is 0. The summed E-state index contributed by atoms with van der Waals surface area (Å²) in [6, 6.07) is 21.8. The molecule has 6 heteroatoms. The van der Waals surface area contributed by atoms with Crippen LogP contribution in [0.3, 0.4) is 0 Å². The molecule has 0 unspecified atom stereocenters. The van der Waals surface area contributed by atoms with Crippen molar-refractivity contribution in [3.05, 3.63) is 84.3 Å². The van der Waals surface area contributed by atoms with Crippen molar-refractivity contribution >= 4 is 17.1 Å². The summed E-state index contributed by atoms with van der Waals surface area (Å²) in [6.07, 6.45) is 4.49. The number of hydrogen-bond donors (Lipinski definition) is 1. The summed E-state index contributed by atoms with van der Waals surface area (Å²) in [4.78, 5) is 21.4. The molecule has 0 radical (unpaired) electrons. The van der Waals surface area contributed by atoms with Crippen LogP contribution in [0, 0.1) is 0 Å². The standard InChI is InChI=1S/C24H26N6/c1-2-24(19-9-5-3-6-10-19,20-11-7-4-8-12-20)30-15-13-29(14-16-30)23-25-17-21-22(28-23)27-18-26-21/h3-12,17-18H,2,13-16H2,1H3,(H,25,26,27,28). The van der Waals surface area contributed by atoms with E-state index < -0.39 is 0 Å². The number of piperazine rings is 1. The third kappa shape index (κ3) is 3.13. The maximum absolute atomic E-state index is 4.64. The second-order valence-electron chi connectivity index (χ2n) is 7.73. The highest BCUT2D eigenvalue weighted by molar-refractivity contribution is 5.69. The first-order chi connectivity index (χ1) is 14.8. The van der Waals surface area contributed by atoms with Gasteiger partial charge in [-0.25, -0.2) is 9.97 Å². The second kappa shape index (κ2) is 7.88. The minimum atomic E-state index is -0.137. The van der Waals surface area contributed by atoms with Gasteiger partial charge in [-0.15, -0.1) is 0 Å². The Bertz CT molecular complexity index is 1060. The van der Waals surface area contributed by atoms with E-state index in [1.54, 1.807) is 6.33 Å². The molecule has 0 bridgehead atoms. The third-order valence-electron chi connectivity index (χ3n) is 6.28. The van der Waals surface area contributed by atoms with Gasteiger partial charge in [0.15, 0.2) is 5.65 Å². The highest BCUT2D eigenvalue weighted by atomic mass is 15.3. The molecule has 5 rings (SSSR count). The summed E-state index contributed by atoms with van der Waals surface area (Å²) < 4.78 is 0. The van der Waals surface area contributed by atoms with Crippen LogP contribution in [0.4, 0.5) is 5.95 Å². The Morgan fingerprint density at radius 2 is 1.50 bits per heavy atom. The first-order valence-electron chi connectivity index (χ1n) is 10.6. The highest BCUT2D eigenvalue weighted by Crippen LogP contribution is 2.39. The molecule has 3 heterocycles. The van der Waals surface area contributed by atoms with Crippen LogP contribution >= 0.6 is 0 Å². The topological polar surface area (TPSA) is 60.9 Å². The van der Waals surface area contributed by atoms with Gasteiger partial charge in [-0.05, 0) is 17.5 Å². The lowest BCUT2D eigenvalue weighted by atomic mass is 9.78. The summed E-state index contributed by atoms with van der Waals surface area (Å²) in [6.45, 7) is 5.95. The van der Waals surface area contributed by atoms with Crippen molar-refractivity contribution in [2.24, 2.45) is 0 Å². The summed E-state index contributed by atoms with van der Waals surface area (Å²) in [7, 11) is 0. The Morgan fingerprint density at radius 1 is 0.867 bits per heavy atom. The molecule has 1 N–H and O–H groups in total. The van der Waals surface area contributed by atoms with Gasteiger partial charge in [0.2, 0.25) is 5.95 Å². The van der Waals surface area contributed by atoms with Crippen molar-refractivity contribution in [3.63, 3.8) is 0 Å². The lowest BCUT2D eigenvalue weighted by Gasteiger charge is -2.48. The SMILES string of the molecule is CCC(c1ccccc1)(c1ccccc1)N1CCN(c2ncc3[nH]cnc3n2)CC1. The van der Waals surface area contributed by atoms with Gasteiger partial charge in [-0.2, -0.15) is 4.98 Å². The van der Waals surface area contributed by atoms with Crippen molar-refractivity contribution in [2.45, 2.75) is 18.9 Å². The highest BCUT2D eigenvalue weighted by Gasteiger charge is 2.40. The Morgan fingerprint density at radius 3 is 2.10 bits per heavy atom. The fraction of sp³-hybridized carbons (Fsp3) is 0.292. The molecule has 1 aliphatic heterocycles. The maximum Gasteiger partial charge on any atom is 0.227 e. The number of imidazole rings is 1. The van der Waals surface area contributed by atoms with Crippen LogP contribution < -0.4 is 4.90 Å². The van der Waals surface area contributed by atoms with E-state index in [1.807, 2.05) is 6.20 Å². The molecule has 1 aliphatic rings. The van der Waals surface area contributed by atoms with E-state index in [1.165, 1.54) is 11.1 Å². The molecule has 152 valence electrons. The zero-order valence-electron chi connectivity index (χ0n) is 17.2. The Hall–Kier alpha value is -3.25. The van der Waals surface area contributed by atoms with E-state index in [9.17, 15) is 0 Å². The Labute approximate surface area is 176 Å². The van der Waals surface area contributed by atoms with Crippen LogP contribution in [0.15, 0.2) is 73.2 Å². The summed E-state index contributed by atoms with van der Waals surface area (Å²) >= 11 is 0. The predicted octanol–water partition coefficient (Wildman–Crippen LogP) is 3.83. The normalized spacial score (nSPS) is 15.6. The van der Waals surface area contributed by atoms with E-state index in [2.05, 4.69) is 97.3 Å². The van der Waals surface area contributed by atoms with Gasteiger partial charge in [-0.1, -0.05) is 67.6 Å². The molecule has 0 spiro atoms. The maximum atomic E-state index is 4.64. The van der Waals surface area contributed by atoms with Gasteiger partial charge in [0.05, 0.1) is 18.1 Å². The number of nitrogens with zero attached hydrogens (tertiary/aromatic N) is 5. The lowest BCUT2D eigenvalue weighted by molar-refractivity contribution is 0.109. The van der Waals surface area contributed by atoms with E-state index in [4.69, 9.17) is 0 Å². The van der Waals surface area contributed by atoms with Crippen molar-refractivity contribution in [1.29, 1.82) is 0 Å². The Kier molecular flexibility index (Phi) is 4.93. The minimum absolute atomic E-state index is 0.137. The molecular weight excluding hydrogens is 372 g/mol. The number of benzene rings is 2. The number of rotatable bonds is 5. The number of hydrogen-bond acceptors (Lipinski definition) is 5. The molecule has 2 aromatic carbocycles. The van der Waals surface area contributed by atoms with Crippen molar-refractivity contribution in [1.82, 2.24) is 24.8 Å². The van der Waals surface area contributed by atoms with E-state index >= 15 is 0 Å². The molecule has 0 amide bonds. The Balaban J connectivity index is 1.45. The average Bonchev–Trinajstić information content (AvgIpc) is 3.30. The summed E-state index contributed by atoms with van der Waals surface area (Å²) in [5.74, 6) is 0.760. The molecule has 1 saturated heterocycles. The van der Waals surface area contributed by atoms with Gasteiger partial charge in [0.1, 0.15) is 5.52 Å². The molecule has 6 nitrogen and oxygen atoms in total. The van der Waals surface area contributed by atoms with Gasteiger partial charge in [0.25, 0.3) is 0 Å². The minimum Gasteiger partial charge on any atom is -0.342 e. The number of fused-ring (bicyclic) bond motifs is 1. The molecule has 0 atom stereocenters. The summed E-state index contributed by atoms with van der Waals surface area (Å²) in [5.41, 5.74) is 4.15. The van der Waals surface area contributed by atoms with Crippen LogP contribution in [-0.4, -0.2) is 51.0 Å². The van der Waals surface area contributed by atoms with Crippen LogP contribution in [0.5, 0.6) is 0 Å². The molecule has 2 aromatic heterocycles. The average molecular weight is 399 g/mol. The van der Waals surface area contributed by atoms with Gasteiger partial charge < -0.3 is 9.88 Å². The first kappa shape index (κ1) is 18.8. The molecule has 4 aromatic rings. The second-order valence-corrected chi connectivity index (χ2v) is 7.73. The lowest BCUT2D eigenvalue weighted by Crippen LogP contribution is -2.56. The number of anilines is 1. The predicted molar refractivity (Wildman–Crippen MR) is 119 cm³/mol. The van der Waals surface area contributed by atoms with E-state index in [-0.39, 0.29) is 5.54 Å². The fourth-order valence-electron chi connectivity index (χ4n) is 4.76. The van der Waals surface area contributed by atoms with Crippen LogP contribution in [0.1, 0.15) is 24.5 Å². The number of aromatic nitrogens is 4. The van der Waals surface area contributed by atoms with Crippen LogP contribution in [0.25, 0.3) is 11.2 Å². The van der Waals surface area contributed by atoms with Crippen LogP contribution in [-0.2, 0) is 5.54 Å². The van der Waals surface area contributed by atoms with E-state index in [0.29, 0.717) is 0 Å². The molecule has 0 saturated carbocycles. The first-order valence-corrected chi connectivity index (χ1v) is 10.6. The van der Waals surface area contributed by atoms with Gasteiger partial charge >= 0.3 is 0 Å². The van der Waals surface area contributed by atoms with Crippen LogP contribution in [0.2, 0.25) is 0 Å². The molecule has 1 fully saturated rings. The number of nitrogens with one attached hydrogen (secondary N) is 1. The quantitative estimate of drug-likeness (QED) is 0.554. The molecular formula is C24H26N6. The van der Waals surface area contributed by atoms with Gasteiger partial charge in [0, 0.05) is 26.2 Å². The van der Waals surface area contributed by atoms with Crippen molar-refractivity contribution < 1.29 is 0 Å².